The van der Waals surface area contributed by atoms with Crippen LogP contribution in [0.3, 0.4) is 0 Å². The van der Waals surface area contributed by atoms with Crippen molar-refractivity contribution in [3.8, 4) is 12.3 Å². The quantitative estimate of drug-likeness (QED) is 0.701. The Labute approximate surface area is 95.0 Å². The predicted molar refractivity (Wildman–Crippen MR) is 66.6 cm³/mol. The molecule has 86 valence electrons. The first-order valence-corrected chi connectivity index (χ1v) is 6.14. The zero-order chi connectivity index (χ0) is 11.5. The summed E-state index contributed by atoms with van der Waals surface area (Å²) in [5, 5.41) is 3.66. The molecule has 3 atom stereocenters. The highest BCUT2D eigenvalue weighted by molar-refractivity contribution is 4.92. The van der Waals surface area contributed by atoms with Crippen molar-refractivity contribution in [1.29, 1.82) is 0 Å². The van der Waals surface area contributed by atoms with E-state index in [1.54, 1.807) is 0 Å². The Bertz CT molecular complexity index is 236. The van der Waals surface area contributed by atoms with Gasteiger partial charge >= 0.3 is 0 Å². The Morgan fingerprint density at radius 2 is 2.20 bits per heavy atom. The van der Waals surface area contributed by atoms with Gasteiger partial charge in [0.05, 0.1) is 0 Å². The van der Waals surface area contributed by atoms with E-state index in [0.717, 1.165) is 12.3 Å². The van der Waals surface area contributed by atoms with E-state index in [4.69, 9.17) is 6.42 Å². The summed E-state index contributed by atoms with van der Waals surface area (Å²) in [4.78, 5) is 0. The van der Waals surface area contributed by atoms with E-state index >= 15 is 0 Å². The van der Waals surface area contributed by atoms with Gasteiger partial charge in [-0.15, -0.1) is 12.3 Å². The maximum absolute atomic E-state index is 5.32. The predicted octanol–water partition coefficient (Wildman–Crippen LogP) is 3.20. The van der Waals surface area contributed by atoms with Crippen molar-refractivity contribution in [1.82, 2.24) is 5.32 Å². The molecule has 0 spiro atoms. The fraction of sp³-hybridized carbons (Fsp3) is 0.857. The summed E-state index contributed by atoms with van der Waals surface area (Å²) in [5.41, 5.74) is 0.535. The van der Waals surface area contributed by atoms with Crippen LogP contribution in [0.4, 0.5) is 0 Å². The van der Waals surface area contributed by atoms with Crippen molar-refractivity contribution in [2.75, 3.05) is 0 Å². The molecule has 1 aliphatic rings. The first kappa shape index (κ1) is 12.6. The van der Waals surface area contributed by atoms with E-state index in [1.165, 1.54) is 19.3 Å². The third-order valence-corrected chi connectivity index (χ3v) is 3.62. The van der Waals surface area contributed by atoms with Gasteiger partial charge in [-0.1, -0.05) is 20.8 Å². The lowest BCUT2D eigenvalue weighted by Gasteiger charge is -2.40. The van der Waals surface area contributed by atoms with Crippen LogP contribution in [-0.2, 0) is 0 Å². The number of hydrogen-bond donors (Lipinski definition) is 1. The van der Waals surface area contributed by atoms with Crippen LogP contribution in [0.1, 0.15) is 53.4 Å². The van der Waals surface area contributed by atoms with Gasteiger partial charge < -0.3 is 5.32 Å². The SMILES string of the molecule is C#CCC(C)NC1CCC(C)(C)CC1C. The molecule has 3 unspecified atom stereocenters. The van der Waals surface area contributed by atoms with Gasteiger partial charge in [0, 0.05) is 18.5 Å². The summed E-state index contributed by atoms with van der Waals surface area (Å²) in [6, 6.07) is 1.13. The molecular weight excluding hydrogens is 182 g/mol. The molecule has 1 nitrogen and oxygen atoms in total. The van der Waals surface area contributed by atoms with Crippen LogP contribution in [-0.4, -0.2) is 12.1 Å². The van der Waals surface area contributed by atoms with E-state index in [-0.39, 0.29) is 0 Å². The summed E-state index contributed by atoms with van der Waals surface area (Å²) < 4.78 is 0. The molecule has 1 fully saturated rings. The van der Waals surface area contributed by atoms with E-state index in [2.05, 4.69) is 38.9 Å². The van der Waals surface area contributed by atoms with Crippen LogP contribution in [0.15, 0.2) is 0 Å². The molecule has 1 saturated carbocycles. The zero-order valence-electron chi connectivity index (χ0n) is 10.6. The minimum atomic E-state index is 0.462. The average Bonchev–Trinajstić information content (AvgIpc) is 2.10. The highest BCUT2D eigenvalue weighted by atomic mass is 15.0. The minimum Gasteiger partial charge on any atom is -0.310 e. The van der Waals surface area contributed by atoms with Crippen molar-refractivity contribution in [2.45, 2.75) is 65.5 Å². The third kappa shape index (κ3) is 3.87. The van der Waals surface area contributed by atoms with Gasteiger partial charge in [0.15, 0.2) is 0 Å². The van der Waals surface area contributed by atoms with Gasteiger partial charge in [-0.2, -0.15) is 0 Å². The van der Waals surface area contributed by atoms with Crippen molar-refractivity contribution in [3.05, 3.63) is 0 Å². The highest BCUT2D eigenvalue weighted by Crippen LogP contribution is 2.38. The molecule has 15 heavy (non-hydrogen) atoms. The largest absolute Gasteiger partial charge is 0.310 e. The maximum atomic E-state index is 5.32. The number of terminal acetylenes is 1. The zero-order valence-corrected chi connectivity index (χ0v) is 10.6. The van der Waals surface area contributed by atoms with E-state index in [9.17, 15) is 0 Å². The highest BCUT2D eigenvalue weighted by Gasteiger charge is 2.32. The number of rotatable bonds is 3. The van der Waals surface area contributed by atoms with Crippen LogP contribution in [0.2, 0.25) is 0 Å². The van der Waals surface area contributed by atoms with Gasteiger partial charge in [-0.05, 0) is 37.5 Å². The second kappa shape index (κ2) is 5.03. The third-order valence-electron chi connectivity index (χ3n) is 3.62. The average molecular weight is 207 g/mol. The molecule has 1 heteroatoms. The summed E-state index contributed by atoms with van der Waals surface area (Å²) in [6.07, 6.45) is 10.1. The monoisotopic (exact) mass is 207 g/mol. The Morgan fingerprint density at radius 3 is 2.73 bits per heavy atom. The lowest BCUT2D eigenvalue weighted by atomic mass is 9.70. The maximum Gasteiger partial charge on any atom is 0.0238 e. The molecule has 0 bridgehead atoms. The summed E-state index contributed by atoms with van der Waals surface area (Å²) in [5.74, 6) is 3.50. The molecule has 0 saturated heterocycles. The molecule has 0 aromatic rings. The van der Waals surface area contributed by atoms with Crippen LogP contribution in [0.5, 0.6) is 0 Å². The molecule has 0 aliphatic heterocycles. The van der Waals surface area contributed by atoms with Gasteiger partial charge in [-0.25, -0.2) is 0 Å². The normalized spacial score (nSPS) is 31.9. The molecule has 1 rings (SSSR count). The van der Waals surface area contributed by atoms with Gasteiger partial charge in [0.2, 0.25) is 0 Å². The summed E-state index contributed by atoms with van der Waals surface area (Å²) in [7, 11) is 0. The second-order valence-electron chi connectivity index (χ2n) is 5.97. The van der Waals surface area contributed by atoms with Gasteiger partial charge in [0.1, 0.15) is 0 Å². The molecule has 0 aromatic heterocycles. The summed E-state index contributed by atoms with van der Waals surface area (Å²) in [6.45, 7) is 9.31. The van der Waals surface area contributed by atoms with Crippen molar-refractivity contribution in [3.63, 3.8) is 0 Å². The summed E-state index contributed by atoms with van der Waals surface area (Å²) >= 11 is 0. The first-order valence-electron chi connectivity index (χ1n) is 6.14. The van der Waals surface area contributed by atoms with Crippen molar-refractivity contribution in [2.24, 2.45) is 11.3 Å². The Morgan fingerprint density at radius 1 is 1.53 bits per heavy atom. The molecule has 0 amide bonds. The lowest BCUT2D eigenvalue weighted by molar-refractivity contribution is 0.143. The Hall–Kier alpha value is -0.480. The molecular formula is C14H25N. The van der Waals surface area contributed by atoms with Crippen molar-refractivity contribution < 1.29 is 0 Å². The topological polar surface area (TPSA) is 12.0 Å². The molecule has 0 aromatic carbocycles. The minimum absolute atomic E-state index is 0.462. The van der Waals surface area contributed by atoms with Crippen molar-refractivity contribution >= 4 is 0 Å². The molecule has 0 radical (unpaired) electrons. The van der Waals surface area contributed by atoms with E-state index in [1.807, 2.05) is 0 Å². The number of hydrogen-bond acceptors (Lipinski definition) is 1. The standard InChI is InChI=1S/C14H25N/c1-6-7-12(3)15-13-8-9-14(4,5)10-11(13)2/h1,11-13,15H,7-10H2,2-5H3. The van der Waals surface area contributed by atoms with Crippen LogP contribution in [0.25, 0.3) is 0 Å². The molecule has 1 aliphatic carbocycles. The van der Waals surface area contributed by atoms with E-state index in [0.29, 0.717) is 17.5 Å². The van der Waals surface area contributed by atoms with Gasteiger partial charge in [0.25, 0.3) is 0 Å². The molecule has 1 N–H and O–H groups in total. The molecule has 0 heterocycles. The van der Waals surface area contributed by atoms with Crippen LogP contribution in [0, 0.1) is 23.7 Å². The lowest BCUT2D eigenvalue weighted by Crippen LogP contribution is -2.45. The van der Waals surface area contributed by atoms with E-state index < -0.39 is 0 Å². The fourth-order valence-electron chi connectivity index (χ4n) is 2.80. The first-order chi connectivity index (χ1) is 6.94. The Kier molecular flexibility index (Phi) is 4.22. The van der Waals surface area contributed by atoms with Crippen LogP contribution < -0.4 is 5.32 Å². The van der Waals surface area contributed by atoms with Crippen LogP contribution >= 0.6 is 0 Å². The fourth-order valence-corrected chi connectivity index (χ4v) is 2.80. The second-order valence-corrected chi connectivity index (χ2v) is 5.97. The smallest absolute Gasteiger partial charge is 0.0238 e. The van der Waals surface area contributed by atoms with Gasteiger partial charge in [-0.3, -0.25) is 0 Å². The number of nitrogens with one attached hydrogen (secondary N) is 1. The Balaban J connectivity index is 2.42.